The average Bonchev–Trinajstić information content (AvgIpc) is 3.15. The maximum atomic E-state index is 12.5. The maximum absolute atomic E-state index is 12.5. The van der Waals surface area contributed by atoms with Crippen LogP contribution in [0.15, 0.2) is 71.9 Å². The van der Waals surface area contributed by atoms with Crippen molar-refractivity contribution in [1.82, 2.24) is 14.8 Å². The summed E-state index contributed by atoms with van der Waals surface area (Å²) in [6, 6.07) is 21.4. The van der Waals surface area contributed by atoms with Gasteiger partial charge in [-0.05, 0) is 30.5 Å². The van der Waals surface area contributed by atoms with E-state index in [1.807, 2.05) is 78.2 Å². The third-order valence-corrected chi connectivity index (χ3v) is 5.84. The van der Waals surface area contributed by atoms with Gasteiger partial charge in [-0.1, -0.05) is 71.9 Å². The molecule has 0 radical (unpaired) electrons. The van der Waals surface area contributed by atoms with E-state index in [4.69, 9.17) is 11.6 Å². The van der Waals surface area contributed by atoms with Crippen molar-refractivity contribution >= 4 is 45.7 Å². The zero-order chi connectivity index (χ0) is 20.2. The lowest BCUT2D eigenvalue weighted by Crippen LogP contribution is -2.15. The van der Waals surface area contributed by atoms with Crippen LogP contribution in [-0.4, -0.2) is 26.4 Å². The molecule has 0 unspecified atom stereocenters. The summed E-state index contributed by atoms with van der Waals surface area (Å²) in [6.07, 6.45) is 0. The first-order chi connectivity index (χ1) is 14.2. The van der Waals surface area contributed by atoms with Crippen LogP contribution in [-0.2, 0) is 11.3 Å². The molecular formula is C22H19ClN4OS. The zero-order valence-electron chi connectivity index (χ0n) is 15.8. The van der Waals surface area contributed by atoms with Crippen LogP contribution in [0, 0.1) is 0 Å². The van der Waals surface area contributed by atoms with Gasteiger partial charge >= 0.3 is 0 Å². The number of thioether (sulfide) groups is 1. The monoisotopic (exact) mass is 422 g/mol. The number of hydrogen-bond acceptors (Lipinski definition) is 4. The largest absolute Gasteiger partial charge is 0.325 e. The van der Waals surface area contributed by atoms with Crippen LogP contribution in [0.5, 0.6) is 0 Å². The molecule has 0 saturated carbocycles. The third-order valence-electron chi connectivity index (χ3n) is 4.54. The molecule has 0 atom stereocenters. The third kappa shape index (κ3) is 4.13. The molecule has 1 N–H and O–H groups in total. The Morgan fingerprint density at radius 1 is 1.03 bits per heavy atom. The lowest BCUT2D eigenvalue weighted by Gasteiger charge is -2.10. The van der Waals surface area contributed by atoms with Crippen molar-refractivity contribution in [3.8, 4) is 11.4 Å². The minimum absolute atomic E-state index is 0.0868. The fraction of sp³-hybridized carbons (Fsp3) is 0.136. The molecule has 4 aromatic rings. The van der Waals surface area contributed by atoms with E-state index in [0.29, 0.717) is 22.5 Å². The number of amides is 1. The molecule has 1 heterocycles. The molecule has 0 spiro atoms. The number of benzene rings is 3. The Morgan fingerprint density at radius 2 is 1.79 bits per heavy atom. The van der Waals surface area contributed by atoms with E-state index in [2.05, 4.69) is 15.5 Å². The van der Waals surface area contributed by atoms with Gasteiger partial charge in [0.15, 0.2) is 11.0 Å². The summed E-state index contributed by atoms with van der Waals surface area (Å²) in [6.45, 7) is 2.70. The van der Waals surface area contributed by atoms with Crippen LogP contribution < -0.4 is 5.32 Å². The first-order valence-electron chi connectivity index (χ1n) is 9.26. The van der Waals surface area contributed by atoms with Gasteiger partial charge in [0, 0.05) is 23.2 Å². The number of aromatic nitrogens is 3. The predicted molar refractivity (Wildman–Crippen MR) is 119 cm³/mol. The maximum Gasteiger partial charge on any atom is 0.234 e. The first-order valence-corrected chi connectivity index (χ1v) is 10.6. The zero-order valence-corrected chi connectivity index (χ0v) is 17.4. The van der Waals surface area contributed by atoms with E-state index in [-0.39, 0.29) is 11.7 Å². The Labute approximate surface area is 178 Å². The standard InChI is InChI=1S/C22H19ClN4OS/c1-2-27-21(17-11-5-6-12-18(17)23)25-26-22(27)29-14-20(28)24-19-13-7-9-15-8-3-4-10-16(15)19/h3-13H,2,14H2,1H3,(H,24,28). The summed E-state index contributed by atoms with van der Waals surface area (Å²) in [5, 5.41) is 15.0. The molecule has 0 aliphatic carbocycles. The van der Waals surface area contributed by atoms with Gasteiger partial charge in [-0.25, -0.2) is 0 Å². The molecule has 0 fully saturated rings. The number of halogens is 1. The summed E-state index contributed by atoms with van der Waals surface area (Å²) in [4.78, 5) is 12.5. The van der Waals surface area contributed by atoms with E-state index >= 15 is 0 Å². The Kier molecular flexibility index (Phi) is 5.83. The van der Waals surface area contributed by atoms with Crippen molar-refractivity contribution in [2.45, 2.75) is 18.6 Å². The van der Waals surface area contributed by atoms with Crippen LogP contribution in [0.1, 0.15) is 6.92 Å². The fourth-order valence-corrected chi connectivity index (χ4v) is 4.20. The minimum Gasteiger partial charge on any atom is -0.325 e. The highest BCUT2D eigenvalue weighted by molar-refractivity contribution is 7.99. The minimum atomic E-state index is -0.0868. The molecule has 0 saturated heterocycles. The van der Waals surface area contributed by atoms with Gasteiger partial charge in [-0.2, -0.15) is 0 Å². The quantitative estimate of drug-likeness (QED) is 0.416. The Morgan fingerprint density at radius 3 is 2.62 bits per heavy atom. The van der Waals surface area contributed by atoms with E-state index in [9.17, 15) is 4.79 Å². The van der Waals surface area contributed by atoms with E-state index in [1.54, 1.807) is 0 Å². The van der Waals surface area contributed by atoms with Crippen molar-refractivity contribution in [3.63, 3.8) is 0 Å². The van der Waals surface area contributed by atoms with Gasteiger partial charge in [-0.15, -0.1) is 10.2 Å². The Bertz CT molecular complexity index is 1170. The molecule has 0 bridgehead atoms. The van der Waals surface area contributed by atoms with Crippen LogP contribution in [0.25, 0.3) is 22.2 Å². The number of nitrogens with one attached hydrogen (secondary N) is 1. The van der Waals surface area contributed by atoms with E-state index in [0.717, 1.165) is 22.0 Å². The average molecular weight is 423 g/mol. The molecule has 0 aliphatic rings. The van der Waals surface area contributed by atoms with Gasteiger partial charge < -0.3 is 9.88 Å². The van der Waals surface area contributed by atoms with Crippen LogP contribution in [0.2, 0.25) is 5.02 Å². The molecule has 0 aliphatic heterocycles. The number of hydrogen-bond donors (Lipinski definition) is 1. The van der Waals surface area contributed by atoms with E-state index < -0.39 is 0 Å². The van der Waals surface area contributed by atoms with Gasteiger partial charge in [0.25, 0.3) is 0 Å². The molecule has 146 valence electrons. The molecule has 4 rings (SSSR count). The highest BCUT2D eigenvalue weighted by Gasteiger charge is 2.16. The molecule has 3 aromatic carbocycles. The predicted octanol–water partition coefficient (Wildman–Crippen LogP) is 5.50. The van der Waals surface area contributed by atoms with Crippen LogP contribution in [0.3, 0.4) is 0 Å². The van der Waals surface area contributed by atoms with Gasteiger partial charge in [0.05, 0.1) is 10.8 Å². The smallest absolute Gasteiger partial charge is 0.234 e. The molecular weight excluding hydrogens is 404 g/mol. The number of carbonyl (C=O) groups excluding carboxylic acids is 1. The number of rotatable bonds is 6. The van der Waals surface area contributed by atoms with Crippen molar-refractivity contribution in [3.05, 3.63) is 71.8 Å². The number of anilines is 1. The van der Waals surface area contributed by atoms with Crippen molar-refractivity contribution in [2.24, 2.45) is 0 Å². The lowest BCUT2D eigenvalue weighted by atomic mass is 10.1. The topological polar surface area (TPSA) is 59.8 Å². The second-order valence-corrected chi connectivity index (χ2v) is 7.74. The van der Waals surface area contributed by atoms with Crippen molar-refractivity contribution < 1.29 is 4.79 Å². The second-order valence-electron chi connectivity index (χ2n) is 6.39. The molecule has 5 nitrogen and oxygen atoms in total. The highest BCUT2D eigenvalue weighted by Crippen LogP contribution is 2.29. The Balaban J connectivity index is 1.49. The molecule has 7 heteroatoms. The number of carbonyl (C=O) groups is 1. The summed E-state index contributed by atoms with van der Waals surface area (Å²) in [7, 11) is 0. The Hall–Kier alpha value is -2.83. The normalized spacial score (nSPS) is 11.0. The van der Waals surface area contributed by atoms with Gasteiger partial charge in [0.2, 0.25) is 5.91 Å². The first kappa shape index (κ1) is 19.5. The van der Waals surface area contributed by atoms with E-state index in [1.165, 1.54) is 11.8 Å². The van der Waals surface area contributed by atoms with Crippen LogP contribution >= 0.6 is 23.4 Å². The highest BCUT2D eigenvalue weighted by atomic mass is 35.5. The summed E-state index contributed by atoms with van der Waals surface area (Å²) < 4.78 is 1.97. The number of fused-ring (bicyclic) bond motifs is 1. The summed E-state index contributed by atoms with van der Waals surface area (Å²) >= 11 is 7.67. The molecule has 1 amide bonds. The van der Waals surface area contributed by atoms with Crippen LogP contribution in [0.4, 0.5) is 5.69 Å². The lowest BCUT2D eigenvalue weighted by molar-refractivity contribution is -0.113. The van der Waals surface area contributed by atoms with Gasteiger partial charge in [-0.3, -0.25) is 4.79 Å². The molecule has 1 aromatic heterocycles. The summed E-state index contributed by atoms with van der Waals surface area (Å²) in [5.74, 6) is 0.857. The molecule has 29 heavy (non-hydrogen) atoms. The number of nitrogens with zero attached hydrogens (tertiary/aromatic N) is 3. The fourth-order valence-electron chi connectivity index (χ4n) is 3.17. The summed E-state index contributed by atoms with van der Waals surface area (Å²) in [5.41, 5.74) is 1.64. The van der Waals surface area contributed by atoms with Crippen molar-refractivity contribution in [2.75, 3.05) is 11.1 Å². The second kappa shape index (κ2) is 8.68. The van der Waals surface area contributed by atoms with Gasteiger partial charge in [0.1, 0.15) is 0 Å². The SMILES string of the molecule is CCn1c(SCC(=O)Nc2cccc3ccccc23)nnc1-c1ccccc1Cl. The van der Waals surface area contributed by atoms with Crippen molar-refractivity contribution in [1.29, 1.82) is 0 Å².